The van der Waals surface area contributed by atoms with Gasteiger partial charge >= 0.3 is 6.09 Å². The molecule has 120 valence electrons. The summed E-state index contributed by atoms with van der Waals surface area (Å²) in [7, 11) is 0. The normalized spacial score (nSPS) is 26.2. The summed E-state index contributed by atoms with van der Waals surface area (Å²) in [6, 6.07) is 12.0. The van der Waals surface area contributed by atoms with E-state index in [9.17, 15) is 9.90 Å². The van der Waals surface area contributed by atoms with Gasteiger partial charge in [-0.25, -0.2) is 4.79 Å². The van der Waals surface area contributed by atoms with Crippen molar-refractivity contribution in [2.24, 2.45) is 5.92 Å². The number of thiophene rings is 1. The highest BCUT2D eigenvalue weighted by Crippen LogP contribution is 2.39. The molecule has 0 unspecified atom stereocenters. The summed E-state index contributed by atoms with van der Waals surface area (Å²) in [4.78, 5) is 17.3. The Morgan fingerprint density at radius 3 is 2.57 bits per heavy atom. The molecule has 0 aliphatic carbocycles. The van der Waals surface area contributed by atoms with Crippen LogP contribution in [0, 0.1) is 5.92 Å². The van der Waals surface area contributed by atoms with E-state index in [0.717, 1.165) is 48.6 Å². The van der Waals surface area contributed by atoms with Crippen LogP contribution in [0.15, 0.2) is 41.8 Å². The minimum atomic E-state index is -0.840. The second kappa shape index (κ2) is 5.98. The van der Waals surface area contributed by atoms with Crippen molar-refractivity contribution in [1.29, 1.82) is 0 Å². The summed E-state index contributed by atoms with van der Waals surface area (Å²) in [5, 5.41) is 12.0. The number of nitrogens with zero attached hydrogens (tertiary/aromatic N) is 2. The molecule has 0 spiro atoms. The van der Waals surface area contributed by atoms with Crippen LogP contribution in [0.3, 0.4) is 0 Å². The largest absolute Gasteiger partial charge is 0.465 e. The van der Waals surface area contributed by atoms with Gasteiger partial charge in [0.05, 0.1) is 11.7 Å². The first-order valence-corrected chi connectivity index (χ1v) is 8.99. The SMILES string of the molecule is O=C(O)N(c1ccccc1-c1cccs1)[C@H]1CN2CCC1CC2. The Balaban J connectivity index is 1.76. The zero-order valence-corrected chi connectivity index (χ0v) is 13.7. The number of hydrogen-bond donors (Lipinski definition) is 1. The predicted molar refractivity (Wildman–Crippen MR) is 93.2 cm³/mol. The third-order valence-corrected chi connectivity index (χ3v) is 6.01. The van der Waals surface area contributed by atoms with Gasteiger partial charge in [-0.3, -0.25) is 4.90 Å². The molecule has 3 aliphatic heterocycles. The van der Waals surface area contributed by atoms with Gasteiger partial charge in [-0.15, -0.1) is 11.3 Å². The Morgan fingerprint density at radius 1 is 1.17 bits per heavy atom. The second-order valence-electron chi connectivity index (χ2n) is 6.35. The smallest absolute Gasteiger partial charge is 0.412 e. The predicted octanol–water partition coefficient (Wildman–Crippen LogP) is 3.99. The van der Waals surface area contributed by atoms with Crippen LogP contribution in [0.2, 0.25) is 0 Å². The Labute approximate surface area is 140 Å². The van der Waals surface area contributed by atoms with Crippen LogP contribution in [-0.4, -0.2) is 41.8 Å². The van der Waals surface area contributed by atoms with E-state index in [0.29, 0.717) is 5.92 Å². The minimum Gasteiger partial charge on any atom is -0.465 e. The fourth-order valence-electron chi connectivity index (χ4n) is 3.97. The van der Waals surface area contributed by atoms with Crippen LogP contribution in [0.4, 0.5) is 10.5 Å². The first-order chi connectivity index (χ1) is 11.2. The van der Waals surface area contributed by atoms with E-state index in [1.807, 2.05) is 35.7 Å². The van der Waals surface area contributed by atoms with Crippen molar-refractivity contribution in [1.82, 2.24) is 4.90 Å². The lowest BCUT2D eigenvalue weighted by Gasteiger charge is -2.48. The lowest BCUT2D eigenvalue weighted by atomic mass is 9.83. The Hall–Kier alpha value is -1.85. The van der Waals surface area contributed by atoms with Gasteiger partial charge in [0.25, 0.3) is 0 Å². The molecule has 1 atom stereocenters. The Bertz CT molecular complexity index is 693. The summed E-state index contributed by atoms with van der Waals surface area (Å²) < 4.78 is 0. The molecule has 0 radical (unpaired) electrons. The molecule has 5 rings (SSSR count). The number of carboxylic acid groups (broad SMARTS) is 1. The van der Waals surface area contributed by atoms with E-state index in [1.165, 1.54) is 0 Å². The van der Waals surface area contributed by atoms with Crippen molar-refractivity contribution < 1.29 is 9.90 Å². The van der Waals surface area contributed by atoms with Crippen molar-refractivity contribution in [2.75, 3.05) is 24.5 Å². The number of fused-ring (bicyclic) bond motifs is 3. The fraction of sp³-hybridized carbons (Fsp3) is 0.389. The molecule has 1 amide bonds. The Kier molecular flexibility index (Phi) is 3.83. The molecule has 23 heavy (non-hydrogen) atoms. The number of piperidine rings is 3. The maximum atomic E-state index is 12.1. The average Bonchev–Trinajstić information content (AvgIpc) is 3.11. The first kappa shape index (κ1) is 14.7. The van der Waals surface area contributed by atoms with Crippen molar-refractivity contribution >= 4 is 23.1 Å². The Morgan fingerprint density at radius 2 is 1.96 bits per heavy atom. The molecular weight excluding hydrogens is 308 g/mol. The molecular formula is C18H20N2O2S. The zero-order valence-electron chi connectivity index (χ0n) is 12.9. The van der Waals surface area contributed by atoms with Gasteiger partial charge in [0.1, 0.15) is 0 Å². The van der Waals surface area contributed by atoms with Crippen LogP contribution >= 0.6 is 11.3 Å². The highest BCUT2D eigenvalue weighted by molar-refractivity contribution is 7.13. The van der Waals surface area contributed by atoms with E-state index < -0.39 is 6.09 Å². The molecule has 2 bridgehead atoms. The number of carbonyl (C=O) groups is 1. The number of anilines is 1. The molecule has 5 heteroatoms. The fourth-order valence-corrected chi connectivity index (χ4v) is 4.73. The number of para-hydroxylation sites is 1. The van der Waals surface area contributed by atoms with Crippen LogP contribution < -0.4 is 4.90 Å². The highest BCUT2D eigenvalue weighted by Gasteiger charge is 2.40. The summed E-state index contributed by atoms with van der Waals surface area (Å²) in [5.74, 6) is 0.479. The monoisotopic (exact) mass is 328 g/mol. The van der Waals surface area contributed by atoms with Gasteiger partial charge in [0.15, 0.2) is 0 Å². The topological polar surface area (TPSA) is 43.8 Å². The number of amides is 1. The molecule has 0 saturated carbocycles. The van der Waals surface area contributed by atoms with E-state index in [1.54, 1.807) is 16.2 Å². The van der Waals surface area contributed by atoms with Crippen molar-refractivity contribution in [3.63, 3.8) is 0 Å². The van der Waals surface area contributed by atoms with Crippen LogP contribution in [0.5, 0.6) is 0 Å². The maximum absolute atomic E-state index is 12.1. The van der Waals surface area contributed by atoms with Gasteiger partial charge in [0.2, 0.25) is 0 Å². The van der Waals surface area contributed by atoms with Gasteiger partial charge in [-0.1, -0.05) is 24.3 Å². The molecule has 4 heterocycles. The van der Waals surface area contributed by atoms with Crippen LogP contribution in [0.25, 0.3) is 10.4 Å². The van der Waals surface area contributed by atoms with Gasteiger partial charge < -0.3 is 10.0 Å². The standard InChI is InChI=1S/C18H20N2O2S/c21-18(22)20(16-12-19-9-7-13(16)8-10-19)15-5-2-1-4-14(15)17-6-3-11-23-17/h1-6,11,13,16H,7-10,12H2,(H,21,22)/t16-/m0/s1. The third-order valence-electron chi connectivity index (χ3n) is 5.11. The number of hydrogen-bond acceptors (Lipinski definition) is 3. The summed E-state index contributed by atoms with van der Waals surface area (Å²) in [5.41, 5.74) is 1.84. The summed E-state index contributed by atoms with van der Waals surface area (Å²) in [6.45, 7) is 3.08. The number of benzene rings is 1. The van der Waals surface area contributed by atoms with Crippen molar-refractivity contribution in [3.05, 3.63) is 41.8 Å². The van der Waals surface area contributed by atoms with Gasteiger partial charge in [-0.05, 0) is 49.4 Å². The molecule has 2 aromatic rings. The van der Waals surface area contributed by atoms with E-state index >= 15 is 0 Å². The minimum absolute atomic E-state index is 0.0658. The van der Waals surface area contributed by atoms with E-state index in [4.69, 9.17) is 0 Å². The van der Waals surface area contributed by atoms with Crippen molar-refractivity contribution in [3.8, 4) is 10.4 Å². The lowest BCUT2D eigenvalue weighted by Crippen LogP contribution is -2.58. The summed E-state index contributed by atoms with van der Waals surface area (Å²) in [6.07, 6.45) is 1.37. The molecule has 3 aliphatic rings. The molecule has 3 saturated heterocycles. The second-order valence-corrected chi connectivity index (χ2v) is 7.30. The molecule has 4 nitrogen and oxygen atoms in total. The van der Waals surface area contributed by atoms with E-state index in [-0.39, 0.29) is 6.04 Å². The summed E-state index contributed by atoms with van der Waals surface area (Å²) >= 11 is 1.65. The molecule has 1 N–H and O–H groups in total. The lowest BCUT2D eigenvalue weighted by molar-refractivity contribution is 0.0838. The van der Waals surface area contributed by atoms with Crippen molar-refractivity contribution in [2.45, 2.75) is 18.9 Å². The van der Waals surface area contributed by atoms with Gasteiger partial charge in [0, 0.05) is 17.0 Å². The maximum Gasteiger partial charge on any atom is 0.412 e. The number of rotatable bonds is 3. The molecule has 1 aromatic carbocycles. The van der Waals surface area contributed by atoms with Gasteiger partial charge in [-0.2, -0.15) is 0 Å². The first-order valence-electron chi connectivity index (χ1n) is 8.11. The van der Waals surface area contributed by atoms with Crippen LogP contribution in [0.1, 0.15) is 12.8 Å². The average molecular weight is 328 g/mol. The molecule has 1 aromatic heterocycles. The molecule has 3 fully saturated rings. The van der Waals surface area contributed by atoms with Crippen LogP contribution in [-0.2, 0) is 0 Å². The van der Waals surface area contributed by atoms with E-state index in [2.05, 4.69) is 11.0 Å². The quantitative estimate of drug-likeness (QED) is 0.926. The zero-order chi connectivity index (χ0) is 15.8. The third kappa shape index (κ3) is 2.64. The highest BCUT2D eigenvalue weighted by atomic mass is 32.1.